The molecule has 0 unspecified atom stereocenters. The number of nitroso groups, excluding NO2 is 1. The molecule has 0 aromatic heterocycles. The van der Waals surface area contributed by atoms with Crippen LogP contribution in [0.1, 0.15) is 11.1 Å². The first-order valence-corrected chi connectivity index (χ1v) is 5.40. The first kappa shape index (κ1) is 11.3. The molecular formula is C14H13NO2. The molecule has 0 heterocycles. The van der Waals surface area contributed by atoms with Gasteiger partial charge in [0.2, 0.25) is 0 Å². The van der Waals surface area contributed by atoms with Crippen molar-refractivity contribution in [3.63, 3.8) is 0 Å². The third-order valence-electron chi connectivity index (χ3n) is 2.40. The van der Waals surface area contributed by atoms with E-state index < -0.39 is 0 Å². The van der Waals surface area contributed by atoms with Crippen molar-refractivity contribution in [3.05, 3.63) is 64.6 Å². The fraction of sp³-hybridized carbons (Fsp3) is 0.143. The van der Waals surface area contributed by atoms with Gasteiger partial charge in [0.05, 0.1) is 0 Å². The number of rotatable bonds is 4. The molecule has 0 aliphatic rings. The van der Waals surface area contributed by atoms with E-state index in [1.54, 1.807) is 0 Å². The molecule has 0 amide bonds. The van der Waals surface area contributed by atoms with Crippen LogP contribution in [0.15, 0.2) is 53.7 Å². The van der Waals surface area contributed by atoms with E-state index in [4.69, 9.17) is 4.74 Å². The fourth-order valence-electron chi connectivity index (χ4n) is 1.52. The van der Waals surface area contributed by atoms with E-state index in [2.05, 4.69) is 5.18 Å². The molecule has 86 valence electrons. The molecule has 2 aromatic rings. The van der Waals surface area contributed by atoms with Gasteiger partial charge in [0.15, 0.2) is 0 Å². The Morgan fingerprint density at radius 1 is 1.06 bits per heavy atom. The maximum absolute atomic E-state index is 10.2. The molecular weight excluding hydrogens is 214 g/mol. The lowest BCUT2D eigenvalue weighted by Crippen LogP contribution is -1.86. The molecule has 0 radical (unpaired) electrons. The standard InChI is InChI=1S/C14H13NO2/c1-11-5-7-13(8-6-11)17-14-4-2-3-12(9-14)10-15-16/h2-9H,10H2,1H3. The van der Waals surface area contributed by atoms with Crippen LogP contribution in [0.3, 0.4) is 0 Å². The van der Waals surface area contributed by atoms with Crippen molar-refractivity contribution in [2.45, 2.75) is 13.5 Å². The summed E-state index contributed by atoms with van der Waals surface area (Å²) < 4.78 is 5.68. The van der Waals surface area contributed by atoms with Crippen molar-refractivity contribution < 1.29 is 4.74 Å². The van der Waals surface area contributed by atoms with Crippen LogP contribution in [0.4, 0.5) is 0 Å². The summed E-state index contributed by atoms with van der Waals surface area (Å²) in [6, 6.07) is 15.2. The molecule has 0 N–H and O–H groups in total. The van der Waals surface area contributed by atoms with Crippen LogP contribution < -0.4 is 4.74 Å². The van der Waals surface area contributed by atoms with Crippen molar-refractivity contribution in [2.75, 3.05) is 0 Å². The molecule has 0 aliphatic heterocycles. The molecule has 0 bridgehead atoms. The van der Waals surface area contributed by atoms with Gasteiger partial charge in [-0.2, -0.15) is 4.91 Å². The molecule has 0 aliphatic carbocycles. The van der Waals surface area contributed by atoms with Gasteiger partial charge < -0.3 is 4.74 Å². The van der Waals surface area contributed by atoms with Gasteiger partial charge in [-0.25, -0.2) is 0 Å². The van der Waals surface area contributed by atoms with Gasteiger partial charge in [-0.15, -0.1) is 0 Å². The summed E-state index contributed by atoms with van der Waals surface area (Å²) in [5.74, 6) is 1.50. The zero-order valence-electron chi connectivity index (χ0n) is 9.59. The number of hydrogen-bond donors (Lipinski definition) is 0. The van der Waals surface area contributed by atoms with Gasteiger partial charge in [-0.1, -0.05) is 35.0 Å². The van der Waals surface area contributed by atoms with Crippen molar-refractivity contribution in [1.82, 2.24) is 0 Å². The first-order valence-electron chi connectivity index (χ1n) is 5.40. The topological polar surface area (TPSA) is 38.7 Å². The van der Waals surface area contributed by atoms with E-state index in [9.17, 15) is 4.91 Å². The maximum Gasteiger partial charge on any atom is 0.127 e. The van der Waals surface area contributed by atoms with Crippen LogP contribution in [-0.4, -0.2) is 0 Å². The molecule has 0 atom stereocenters. The Morgan fingerprint density at radius 2 is 1.82 bits per heavy atom. The van der Waals surface area contributed by atoms with Crippen LogP contribution in [-0.2, 0) is 6.54 Å². The van der Waals surface area contributed by atoms with Gasteiger partial charge in [-0.05, 0) is 36.8 Å². The smallest absolute Gasteiger partial charge is 0.127 e. The Labute approximate surface area is 100 Å². The molecule has 2 aromatic carbocycles. The Balaban J connectivity index is 2.15. The van der Waals surface area contributed by atoms with E-state index in [0.29, 0.717) is 0 Å². The minimum Gasteiger partial charge on any atom is -0.457 e. The summed E-state index contributed by atoms with van der Waals surface area (Å²) in [5.41, 5.74) is 2.04. The van der Waals surface area contributed by atoms with Gasteiger partial charge in [0, 0.05) is 0 Å². The van der Waals surface area contributed by atoms with Gasteiger partial charge in [-0.3, -0.25) is 0 Å². The van der Waals surface area contributed by atoms with Crippen LogP contribution in [0.5, 0.6) is 11.5 Å². The largest absolute Gasteiger partial charge is 0.457 e. The summed E-state index contributed by atoms with van der Waals surface area (Å²) in [6.45, 7) is 2.20. The minimum absolute atomic E-state index is 0.172. The highest BCUT2D eigenvalue weighted by Gasteiger charge is 1.99. The monoisotopic (exact) mass is 227 g/mol. The number of benzene rings is 2. The summed E-state index contributed by atoms with van der Waals surface area (Å²) >= 11 is 0. The third kappa shape index (κ3) is 3.14. The lowest BCUT2D eigenvalue weighted by Gasteiger charge is -2.06. The highest BCUT2D eigenvalue weighted by Crippen LogP contribution is 2.22. The van der Waals surface area contributed by atoms with Crippen molar-refractivity contribution in [3.8, 4) is 11.5 Å². The van der Waals surface area contributed by atoms with Crippen LogP contribution in [0, 0.1) is 11.8 Å². The Kier molecular flexibility index (Phi) is 3.50. The first-order chi connectivity index (χ1) is 8.28. The average molecular weight is 227 g/mol. The summed E-state index contributed by atoms with van der Waals surface area (Å²) in [6.07, 6.45) is 0. The quantitative estimate of drug-likeness (QED) is 0.739. The van der Waals surface area contributed by atoms with Gasteiger partial charge in [0.25, 0.3) is 0 Å². The highest BCUT2D eigenvalue weighted by molar-refractivity contribution is 5.35. The van der Waals surface area contributed by atoms with Crippen LogP contribution in [0.25, 0.3) is 0 Å². The lowest BCUT2D eigenvalue weighted by molar-refractivity contribution is 0.482. The summed E-state index contributed by atoms with van der Waals surface area (Å²) in [4.78, 5) is 10.2. The molecule has 3 heteroatoms. The Bertz CT molecular complexity index is 506. The third-order valence-corrected chi connectivity index (χ3v) is 2.40. The number of ether oxygens (including phenoxy) is 1. The highest BCUT2D eigenvalue weighted by atomic mass is 16.5. The Morgan fingerprint density at radius 3 is 2.53 bits per heavy atom. The van der Waals surface area contributed by atoms with E-state index in [-0.39, 0.29) is 6.54 Å². The van der Waals surface area contributed by atoms with Gasteiger partial charge >= 0.3 is 0 Å². The zero-order chi connectivity index (χ0) is 12.1. The number of aryl methyl sites for hydroxylation is 1. The lowest BCUT2D eigenvalue weighted by atomic mass is 10.2. The predicted molar refractivity (Wildman–Crippen MR) is 67.2 cm³/mol. The fourth-order valence-corrected chi connectivity index (χ4v) is 1.52. The maximum atomic E-state index is 10.2. The van der Waals surface area contributed by atoms with Crippen molar-refractivity contribution >= 4 is 0 Å². The SMILES string of the molecule is Cc1ccc(Oc2cccc(CN=O)c2)cc1. The second-order valence-electron chi connectivity index (χ2n) is 3.85. The van der Waals surface area contributed by atoms with E-state index in [0.717, 1.165) is 17.1 Å². The molecule has 0 spiro atoms. The molecule has 0 saturated carbocycles. The number of nitrogens with zero attached hydrogens (tertiary/aromatic N) is 1. The summed E-state index contributed by atoms with van der Waals surface area (Å²) in [5, 5.41) is 2.86. The van der Waals surface area contributed by atoms with E-state index in [1.165, 1.54) is 5.56 Å². The molecule has 17 heavy (non-hydrogen) atoms. The zero-order valence-corrected chi connectivity index (χ0v) is 9.59. The average Bonchev–Trinajstić information content (AvgIpc) is 2.33. The molecule has 2 rings (SSSR count). The normalized spacial score (nSPS) is 9.94. The van der Waals surface area contributed by atoms with Gasteiger partial charge in [0.1, 0.15) is 18.0 Å². The molecule has 3 nitrogen and oxygen atoms in total. The minimum atomic E-state index is 0.172. The van der Waals surface area contributed by atoms with Crippen LogP contribution >= 0.6 is 0 Å². The number of hydrogen-bond acceptors (Lipinski definition) is 3. The predicted octanol–water partition coefficient (Wildman–Crippen LogP) is 4.05. The van der Waals surface area contributed by atoms with Crippen LogP contribution in [0.2, 0.25) is 0 Å². The van der Waals surface area contributed by atoms with Crippen molar-refractivity contribution in [1.29, 1.82) is 0 Å². The second kappa shape index (κ2) is 5.25. The molecule has 0 fully saturated rings. The van der Waals surface area contributed by atoms with E-state index >= 15 is 0 Å². The Hall–Kier alpha value is -2.16. The van der Waals surface area contributed by atoms with E-state index in [1.807, 2.05) is 55.5 Å². The summed E-state index contributed by atoms with van der Waals surface area (Å²) in [7, 11) is 0. The molecule has 0 saturated heterocycles. The van der Waals surface area contributed by atoms with Crippen molar-refractivity contribution in [2.24, 2.45) is 5.18 Å². The second-order valence-corrected chi connectivity index (χ2v) is 3.85.